The zero-order chi connectivity index (χ0) is 23.2. The van der Waals surface area contributed by atoms with Gasteiger partial charge in [-0.05, 0) is 60.7 Å². The van der Waals surface area contributed by atoms with Crippen LogP contribution in [0.15, 0.2) is 72.8 Å². The van der Waals surface area contributed by atoms with E-state index in [0.717, 1.165) is 18.8 Å². The van der Waals surface area contributed by atoms with E-state index in [1.54, 1.807) is 60.7 Å². The van der Waals surface area contributed by atoms with Crippen LogP contribution < -0.4 is 15.5 Å². The first kappa shape index (κ1) is 22.8. The van der Waals surface area contributed by atoms with Gasteiger partial charge in [-0.2, -0.15) is 0 Å². The maximum atomic E-state index is 13.1. The number of para-hydroxylation sites is 1. The summed E-state index contributed by atoms with van der Waals surface area (Å²) < 4.78 is 13.1. The molecule has 170 valence electrons. The molecule has 0 aromatic heterocycles. The van der Waals surface area contributed by atoms with Gasteiger partial charge in [-0.15, -0.1) is 0 Å². The first-order valence-electron chi connectivity index (χ1n) is 10.7. The quantitative estimate of drug-likeness (QED) is 0.561. The van der Waals surface area contributed by atoms with Crippen molar-refractivity contribution in [3.05, 3.63) is 89.2 Å². The molecule has 3 aromatic carbocycles. The van der Waals surface area contributed by atoms with Crippen molar-refractivity contribution in [2.45, 2.75) is 0 Å². The third kappa shape index (κ3) is 6.09. The second-order valence-electron chi connectivity index (χ2n) is 7.79. The number of hydrogen-bond acceptors (Lipinski definition) is 4. The Kier molecular flexibility index (Phi) is 7.22. The van der Waals surface area contributed by atoms with Crippen LogP contribution in [0.5, 0.6) is 0 Å². The average molecular weight is 467 g/mol. The standard InChI is InChI=1S/C25H24ClFN4O2/c26-18-5-9-20(10-6-18)28-25(33)22-3-1-2-4-23(22)29-24(32)17-30-13-15-31(16-14-30)21-11-7-19(27)8-12-21/h1-12H,13-17H2,(H,28,33)(H,29,32). The average Bonchev–Trinajstić information content (AvgIpc) is 2.82. The SMILES string of the molecule is O=C(CN1CCN(c2ccc(F)cc2)CC1)Nc1ccccc1C(=O)Nc1ccc(Cl)cc1. The highest BCUT2D eigenvalue weighted by atomic mass is 35.5. The largest absolute Gasteiger partial charge is 0.369 e. The van der Waals surface area contributed by atoms with E-state index in [9.17, 15) is 14.0 Å². The van der Waals surface area contributed by atoms with Gasteiger partial charge in [-0.3, -0.25) is 14.5 Å². The number of anilines is 3. The molecule has 1 fully saturated rings. The van der Waals surface area contributed by atoms with E-state index in [2.05, 4.69) is 20.4 Å². The van der Waals surface area contributed by atoms with Crippen molar-refractivity contribution >= 4 is 40.5 Å². The highest BCUT2D eigenvalue weighted by Crippen LogP contribution is 2.20. The molecule has 0 atom stereocenters. The molecule has 0 spiro atoms. The Morgan fingerprint density at radius 1 is 0.848 bits per heavy atom. The van der Waals surface area contributed by atoms with Crippen LogP contribution >= 0.6 is 11.6 Å². The number of carbonyl (C=O) groups excluding carboxylic acids is 2. The Morgan fingerprint density at radius 2 is 1.52 bits per heavy atom. The molecule has 0 unspecified atom stereocenters. The summed E-state index contributed by atoms with van der Waals surface area (Å²) in [7, 11) is 0. The van der Waals surface area contributed by atoms with Crippen molar-refractivity contribution < 1.29 is 14.0 Å². The Morgan fingerprint density at radius 3 is 2.21 bits per heavy atom. The summed E-state index contributed by atoms with van der Waals surface area (Å²) in [5, 5.41) is 6.26. The zero-order valence-electron chi connectivity index (χ0n) is 17.9. The molecular weight excluding hydrogens is 443 g/mol. The molecule has 1 aliphatic heterocycles. The van der Waals surface area contributed by atoms with Crippen LogP contribution in [0, 0.1) is 5.82 Å². The van der Waals surface area contributed by atoms with Gasteiger partial charge in [0.25, 0.3) is 5.91 Å². The van der Waals surface area contributed by atoms with Gasteiger partial charge < -0.3 is 15.5 Å². The third-order valence-electron chi connectivity index (χ3n) is 5.48. The lowest BCUT2D eigenvalue weighted by atomic mass is 10.1. The minimum atomic E-state index is -0.318. The summed E-state index contributed by atoms with van der Waals surface area (Å²) in [6.45, 7) is 3.15. The molecule has 1 aliphatic rings. The smallest absolute Gasteiger partial charge is 0.257 e. The topological polar surface area (TPSA) is 64.7 Å². The molecular formula is C25H24ClFN4O2. The van der Waals surface area contributed by atoms with Gasteiger partial charge in [0.2, 0.25) is 5.91 Å². The second kappa shape index (κ2) is 10.5. The molecule has 33 heavy (non-hydrogen) atoms. The summed E-state index contributed by atoms with van der Waals surface area (Å²) in [4.78, 5) is 29.7. The van der Waals surface area contributed by atoms with Crippen LogP contribution in [0.25, 0.3) is 0 Å². The van der Waals surface area contributed by atoms with Crippen LogP contribution in [0.4, 0.5) is 21.5 Å². The first-order valence-corrected chi connectivity index (χ1v) is 11.0. The number of nitrogens with one attached hydrogen (secondary N) is 2. The highest BCUT2D eigenvalue weighted by molar-refractivity contribution is 6.30. The van der Waals surface area contributed by atoms with Gasteiger partial charge in [0.05, 0.1) is 17.8 Å². The van der Waals surface area contributed by atoms with E-state index in [1.807, 2.05) is 0 Å². The first-order chi connectivity index (χ1) is 16.0. The number of carbonyl (C=O) groups is 2. The second-order valence-corrected chi connectivity index (χ2v) is 8.23. The van der Waals surface area contributed by atoms with Crippen molar-refractivity contribution in [3.63, 3.8) is 0 Å². The number of piperazine rings is 1. The van der Waals surface area contributed by atoms with Crippen molar-refractivity contribution in [2.24, 2.45) is 0 Å². The van der Waals surface area contributed by atoms with Crippen molar-refractivity contribution in [1.29, 1.82) is 0 Å². The van der Waals surface area contributed by atoms with Crippen molar-refractivity contribution in [1.82, 2.24) is 4.90 Å². The Labute approximate surface area is 197 Å². The van der Waals surface area contributed by atoms with E-state index in [-0.39, 0.29) is 24.2 Å². The van der Waals surface area contributed by atoms with Gasteiger partial charge in [0.15, 0.2) is 0 Å². The monoisotopic (exact) mass is 466 g/mol. The van der Waals surface area contributed by atoms with Gasteiger partial charge >= 0.3 is 0 Å². The van der Waals surface area contributed by atoms with Crippen LogP contribution in [-0.2, 0) is 4.79 Å². The number of amides is 2. The van der Waals surface area contributed by atoms with Gasteiger partial charge in [0.1, 0.15) is 5.82 Å². The molecule has 1 saturated heterocycles. The lowest BCUT2D eigenvalue weighted by Gasteiger charge is -2.35. The van der Waals surface area contributed by atoms with Gasteiger partial charge in [0, 0.05) is 42.6 Å². The number of hydrogen-bond donors (Lipinski definition) is 2. The lowest BCUT2D eigenvalue weighted by molar-refractivity contribution is -0.117. The van der Waals surface area contributed by atoms with Crippen LogP contribution in [0.1, 0.15) is 10.4 Å². The molecule has 0 radical (unpaired) electrons. The lowest BCUT2D eigenvalue weighted by Crippen LogP contribution is -2.48. The molecule has 2 amide bonds. The van der Waals surface area contributed by atoms with E-state index < -0.39 is 0 Å². The Hall–Kier alpha value is -3.42. The minimum absolute atomic E-state index is 0.183. The fraction of sp³-hybridized carbons (Fsp3) is 0.200. The maximum absolute atomic E-state index is 13.1. The zero-order valence-corrected chi connectivity index (χ0v) is 18.7. The summed E-state index contributed by atoms with van der Waals surface area (Å²) in [6.07, 6.45) is 0. The molecule has 4 rings (SSSR count). The predicted molar refractivity (Wildman–Crippen MR) is 130 cm³/mol. The maximum Gasteiger partial charge on any atom is 0.257 e. The van der Waals surface area contributed by atoms with Crippen LogP contribution in [-0.4, -0.2) is 49.4 Å². The molecule has 2 N–H and O–H groups in total. The normalized spacial score (nSPS) is 14.1. The summed E-state index contributed by atoms with van der Waals surface area (Å²) in [5.41, 5.74) is 2.42. The number of halogens is 2. The van der Waals surface area contributed by atoms with Crippen molar-refractivity contribution in [2.75, 3.05) is 48.3 Å². The number of nitrogens with zero attached hydrogens (tertiary/aromatic N) is 2. The van der Waals surface area contributed by atoms with Crippen LogP contribution in [0.3, 0.4) is 0 Å². The number of benzene rings is 3. The third-order valence-corrected chi connectivity index (χ3v) is 5.73. The fourth-order valence-electron chi connectivity index (χ4n) is 3.73. The Bertz CT molecular complexity index is 1110. The summed E-state index contributed by atoms with van der Waals surface area (Å²) in [6, 6.07) is 20.2. The van der Waals surface area contributed by atoms with Gasteiger partial charge in [-0.25, -0.2) is 4.39 Å². The summed E-state index contributed by atoms with van der Waals surface area (Å²) in [5.74, 6) is -0.755. The molecule has 1 heterocycles. The molecule has 6 nitrogen and oxygen atoms in total. The number of rotatable bonds is 6. The highest BCUT2D eigenvalue weighted by Gasteiger charge is 2.20. The molecule has 0 bridgehead atoms. The molecule has 3 aromatic rings. The van der Waals surface area contributed by atoms with Gasteiger partial charge in [-0.1, -0.05) is 23.7 Å². The predicted octanol–water partition coefficient (Wildman–Crippen LogP) is 4.49. The van der Waals surface area contributed by atoms with E-state index in [1.165, 1.54) is 12.1 Å². The molecule has 8 heteroatoms. The van der Waals surface area contributed by atoms with Crippen molar-refractivity contribution in [3.8, 4) is 0 Å². The van der Waals surface area contributed by atoms with E-state index in [0.29, 0.717) is 35.1 Å². The molecule has 0 aliphatic carbocycles. The fourth-order valence-corrected chi connectivity index (χ4v) is 3.86. The van der Waals surface area contributed by atoms with Crippen LogP contribution in [0.2, 0.25) is 5.02 Å². The minimum Gasteiger partial charge on any atom is -0.369 e. The van der Waals surface area contributed by atoms with E-state index in [4.69, 9.17) is 11.6 Å². The molecule has 0 saturated carbocycles. The van der Waals surface area contributed by atoms with E-state index >= 15 is 0 Å². The Balaban J connectivity index is 1.32. The summed E-state index contributed by atoms with van der Waals surface area (Å²) >= 11 is 5.89.